The zero-order valence-electron chi connectivity index (χ0n) is 12.5. The summed E-state index contributed by atoms with van der Waals surface area (Å²) < 4.78 is 10.6. The molecule has 108 valence electrons. The summed E-state index contributed by atoms with van der Waals surface area (Å²) >= 11 is 0. The molecule has 0 amide bonds. The summed E-state index contributed by atoms with van der Waals surface area (Å²) in [6.45, 7) is 11.6. The molecule has 0 aliphatic heterocycles. The number of nitrogens with one attached hydrogen (secondary N) is 1. The van der Waals surface area contributed by atoms with Gasteiger partial charge in [-0.3, -0.25) is 4.79 Å². The molecule has 0 fully saturated rings. The fourth-order valence-electron chi connectivity index (χ4n) is 1.79. The Morgan fingerprint density at radius 1 is 1.17 bits per heavy atom. The summed E-state index contributed by atoms with van der Waals surface area (Å²) in [6, 6.07) is -0.130. The molecule has 0 rings (SSSR count). The molecule has 4 nitrogen and oxygen atoms in total. The summed E-state index contributed by atoms with van der Waals surface area (Å²) in [6.07, 6.45) is 2.32. The molecule has 0 heterocycles. The number of hydrogen-bond acceptors (Lipinski definition) is 4. The molecule has 0 aliphatic carbocycles. The first-order valence-electron chi connectivity index (χ1n) is 7.01. The van der Waals surface area contributed by atoms with E-state index in [-0.39, 0.29) is 18.1 Å². The van der Waals surface area contributed by atoms with Crippen molar-refractivity contribution in [2.45, 2.75) is 59.5 Å². The van der Waals surface area contributed by atoms with E-state index in [2.05, 4.69) is 19.2 Å². The average molecular weight is 259 g/mol. The van der Waals surface area contributed by atoms with Gasteiger partial charge in [0.2, 0.25) is 0 Å². The summed E-state index contributed by atoms with van der Waals surface area (Å²) in [7, 11) is 0. The Labute approximate surface area is 111 Å². The van der Waals surface area contributed by atoms with Crippen molar-refractivity contribution in [1.29, 1.82) is 0 Å². The average Bonchev–Trinajstić information content (AvgIpc) is 2.28. The van der Waals surface area contributed by atoms with Crippen LogP contribution in [-0.2, 0) is 14.3 Å². The molecule has 18 heavy (non-hydrogen) atoms. The Kier molecular flexibility index (Phi) is 9.98. The van der Waals surface area contributed by atoms with E-state index < -0.39 is 0 Å². The van der Waals surface area contributed by atoms with Crippen LogP contribution in [-0.4, -0.2) is 37.9 Å². The standard InChI is InChI=1S/C14H29NO3/c1-6-8-12(5)9-17-10-13(15-11(3)4)14(16)18-7-2/h11-13,15H,6-10H2,1-5H3. The van der Waals surface area contributed by atoms with Crippen LogP contribution < -0.4 is 5.32 Å². The highest BCUT2D eigenvalue weighted by atomic mass is 16.5. The quantitative estimate of drug-likeness (QED) is 0.612. The van der Waals surface area contributed by atoms with Gasteiger partial charge >= 0.3 is 5.97 Å². The molecule has 0 saturated heterocycles. The smallest absolute Gasteiger partial charge is 0.325 e. The Morgan fingerprint density at radius 3 is 2.33 bits per heavy atom. The van der Waals surface area contributed by atoms with Gasteiger partial charge in [0.15, 0.2) is 0 Å². The first-order valence-corrected chi connectivity index (χ1v) is 7.01. The van der Waals surface area contributed by atoms with Gasteiger partial charge in [0, 0.05) is 12.6 Å². The molecule has 0 aromatic heterocycles. The maximum atomic E-state index is 11.7. The molecule has 2 atom stereocenters. The van der Waals surface area contributed by atoms with Crippen LogP contribution in [0.15, 0.2) is 0 Å². The van der Waals surface area contributed by atoms with Gasteiger partial charge in [-0.25, -0.2) is 0 Å². The SMILES string of the molecule is CCCC(C)COCC(NC(C)C)C(=O)OCC. The Bertz CT molecular complexity index is 219. The highest BCUT2D eigenvalue weighted by Gasteiger charge is 2.20. The van der Waals surface area contributed by atoms with Crippen LogP contribution >= 0.6 is 0 Å². The molecule has 2 unspecified atom stereocenters. The summed E-state index contributed by atoms with van der Waals surface area (Å²) in [4.78, 5) is 11.7. The van der Waals surface area contributed by atoms with E-state index in [4.69, 9.17) is 9.47 Å². The fraction of sp³-hybridized carbons (Fsp3) is 0.929. The highest BCUT2D eigenvalue weighted by molar-refractivity contribution is 5.75. The lowest BCUT2D eigenvalue weighted by atomic mass is 10.1. The van der Waals surface area contributed by atoms with Crippen molar-refractivity contribution in [3.8, 4) is 0 Å². The molecule has 0 aromatic rings. The van der Waals surface area contributed by atoms with Crippen LogP contribution in [0.5, 0.6) is 0 Å². The van der Waals surface area contributed by atoms with E-state index in [1.54, 1.807) is 0 Å². The monoisotopic (exact) mass is 259 g/mol. The lowest BCUT2D eigenvalue weighted by molar-refractivity contribution is -0.147. The fourth-order valence-corrected chi connectivity index (χ4v) is 1.79. The molecule has 0 bridgehead atoms. The van der Waals surface area contributed by atoms with Crippen molar-refractivity contribution >= 4 is 5.97 Å². The van der Waals surface area contributed by atoms with Crippen LogP contribution in [0, 0.1) is 5.92 Å². The Balaban J connectivity index is 4.04. The molecule has 4 heteroatoms. The third kappa shape index (κ3) is 8.48. The number of hydrogen-bond donors (Lipinski definition) is 1. The number of carbonyl (C=O) groups is 1. The number of carbonyl (C=O) groups excluding carboxylic acids is 1. The van der Waals surface area contributed by atoms with Crippen LogP contribution in [0.1, 0.15) is 47.5 Å². The first-order chi connectivity index (χ1) is 8.51. The second-order valence-corrected chi connectivity index (χ2v) is 5.06. The van der Waals surface area contributed by atoms with Gasteiger partial charge < -0.3 is 14.8 Å². The van der Waals surface area contributed by atoms with Crippen molar-refractivity contribution < 1.29 is 14.3 Å². The van der Waals surface area contributed by atoms with Gasteiger partial charge in [-0.1, -0.05) is 34.1 Å². The van der Waals surface area contributed by atoms with E-state index in [0.717, 1.165) is 12.8 Å². The van der Waals surface area contributed by atoms with Crippen molar-refractivity contribution in [2.24, 2.45) is 5.92 Å². The molecule has 0 spiro atoms. The van der Waals surface area contributed by atoms with Gasteiger partial charge in [-0.05, 0) is 19.3 Å². The van der Waals surface area contributed by atoms with Crippen molar-refractivity contribution in [3.63, 3.8) is 0 Å². The van der Waals surface area contributed by atoms with Gasteiger partial charge in [0.1, 0.15) is 6.04 Å². The van der Waals surface area contributed by atoms with E-state index in [1.165, 1.54) is 0 Å². The maximum Gasteiger partial charge on any atom is 0.325 e. The third-order valence-corrected chi connectivity index (χ3v) is 2.57. The van der Waals surface area contributed by atoms with E-state index in [9.17, 15) is 4.79 Å². The second-order valence-electron chi connectivity index (χ2n) is 5.06. The van der Waals surface area contributed by atoms with Gasteiger partial charge in [0.05, 0.1) is 13.2 Å². The van der Waals surface area contributed by atoms with Crippen molar-refractivity contribution in [3.05, 3.63) is 0 Å². The first kappa shape index (κ1) is 17.4. The third-order valence-electron chi connectivity index (χ3n) is 2.57. The van der Waals surface area contributed by atoms with Gasteiger partial charge in [-0.15, -0.1) is 0 Å². The van der Waals surface area contributed by atoms with Crippen molar-refractivity contribution in [1.82, 2.24) is 5.32 Å². The minimum absolute atomic E-state index is 0.227. The van der Waals surface area contributed by atoms with Crippen LogP contribution in [0.25, 0.3) is 0 Å². The van der Waals surface area contributed by atoms with Gasteiger partial charge in [-0.2, -0.15) is 0 Å². The predicted molar refractivity (Wildman–Crippen MR) is 73.6 cm³/mol. The number of rotatable bonds is 10. The van der Waals surface area contributed by atoms with E-state index >= 15 is 0 Å². The lowest BCUT2D eigenvalue weighted by Crippen LogP contribution is -2.45. The zero-order chi connectivity index (χ0) is 14.0. The predicted octanol–water partition coefficient (Wildman–Crippen LogP) is 2.37. The van der Waals surface area contributed by atoms with E-state index in [1.807, 2.05) is 20.8 Å². The second kappa shape index (κ2) is 10.3. The number of ether oxygens (including phenoxy) is 2. The molecule has 0 radical (unpaired) electrons. The summed E-state index contributed by atoms with van der Waals surface area (Å²) in [5.74, 6) is 0.311. The Morgan fingerprint density at radius 2 is 1.83 bits per heavy atom. The molecule has 0 saturated carbocycles. The zero-order valence-corrected chi connectivity index (χ0v) is 12.5. The molecular formula is C14H29NO3. The molecular weight excluding hydrogens is 230 g/mol. The largest absolute Gasteiger partial charge is 0.465 e. The molecule has 0 aromatic carbocycles. The number of esters is 1. The van der Waals surface area contributed by atoms with Crippen molar-refractivity contribution in [2.75, 3.05) is 19.8 Å². The van der Waals surface area contributed by atoms with Gasteiger partial charge in [0.25, 0.3) is 0 Å². The lowest BCUT2D eigenvalue weighted by Gasteiger charge is -2.20. The normalized spacial score (nSPS) is 14.6. The van der Waals surface area contributed by atoms with E-state index in [0.29, 0.717) is 25.7 Å². The molecule has 1 N–H and O–H groups in total. The minimum Gasteiger partial charge on any atom is -0.465 e. The summed E-state index contributed by atoms with van der Waals surface area (Å²) in [5.41, 5.74) is 0. The highest BCUT2D eigenvalue weighted by Crippen LogP contribution is 2.05. The molecule has 0 aliphatic rings. The van der Waals surface area contributed by atoms with Crippen LogP contribution in [0.3, 0.4) is 0 Å². The maximum absolute atomic E-state index is 11.7. The summed E-state index contributed by atoms with van der Waals surface area (Å²) in [5, 5.41) is 3.17. The topological polar surface area (TPSA) is 47.6 Å². The Hall–Kier alpha value is -0.610. The minimum atomic E-state index is -0.362. The van der Waals surface area contributed by atoms with Crippen LogP contribution in [0.2, 0.25) is 0 Å². The van der Waals surface area contributed by atoms with Crippen LogP contribution in [0.4, 0.5) is 0 Å².